The van der Waals surface area contributed by atoms with Gasteiger partial charge in [0.2, 0.25) is 0 Å². The van der Waals surface area contributed by atoms with Crippen molar-refractivity contribution in [1.29, 1.82) is 5.26 Å². The third-order valence-electron chi connectivity index (χ3n) is 2.25. The minimum absolute atomic E-state index is 0.0951. The molecule has 0 amide bonds. The predicted octanol–water partition coefficient (Wildman–Crippen LogP) is 2.53. The smallest absolute Gasteiger partial charge is 0.271 e. The van der Waals surface area contributed by atoms with Gasteiger partial charge in [0, 0.05) is 6.26 Å². The van der Waals surface area contributed by atoms with E-state index in [4.69, 9.17) is 5.26 Å². The number of halogens is 3. The molecule has 0 fully saturated rings. The molecule has 1 N–H and O–H groups in total. The Bertz CT molecular complexity index is 706. The normalized spacial score (nSPS) is 12.9. The van der Waals surface area contributed by atoms with Crippen LogP contribution in [0.5, 0.6) is 0 Å². The fourth-order valence-corrected chi connectivity index (χ4v) is 2.66. The number of aliphatic imine (C=N–C) groups is 1. The van der Waals surface area contributed by atoms with E-state index < -0.39 is 26.5 Å². The first-order valence-corrected chi connectivity index (χ1v) is 8.40. The summed E-state index contributed by atoms with van der Waals surface area (Å²) in [5, 5.41) is 10.8. The lowest BCUT2D eigenvalue weighted by molar-refractivity contribution is -0.139. The van der Waals surface area contributed by atoms with Crippen LogP contribution in [0.3, 0.4) is 0 Å². The number of amidine groups is 1. The van der Waals surface area contributed by atoms with Crippen molar-refractivity contribution in [2.75, 3.05) is 12.5 Å². The number of rotatable bonds is 2. The van der Waals surface area contributed by atoms with Gasteiger partial charge in [-0.15, -0.1) is 0 Å². The lowest BCUT2D eigenvalue weighted by Crippen LogP contribution is -2.14. The van der Waals surface area contributed by atoms with Gasteiger partial charge < -0.3 is 0 Å². The molecule has 0 saturated carbocycles. The highest BCUT2D eigenvalue weighted by Gasteiger charge is 2.36. The third kappa shape index (κ3) is 4.64. The molecule has 0 heterocycles. The third-order valence-corrected chi connectivity index (χ3v) is 3.99. The van der Waals surface area contributed by atoms with E-state index in [0.717, 1.165) is 23.9 Å². The monoisotopic (exact) mass is 337 g/mol. The number of nitrogens with one attached hydrogen (secondary N) is 1. The molecule has 114 valence electrons. The fourth-order valence-electron chi connectivity index (χ4n) is 1.42. The molecule has 0 aliphatic carbocycles. The lowest BCUT2D eigenvalue weighted by Gasteiger charge is -2.12. The molecule has 0 spiro atoms. The van der Waals surface area contributed by atoms with Crippen LogP contribution < -0.4 is 5.32 Å². The van der Waals surface area contributed by atoms with Crippen molar-refractivity contribution in [3.63, 3.8) is 0 Å². The summed E-state index contributed by atoms with van der Waals surface area (Å²) in [6.07, 6.45) is -0.946. The largest absolute Gasteiger partial charge is 0.417 e. The molecule has 1 aromatic rings. The second kappa shape index (κ2) is 6.36. The predicted molar refractivity (Wildman–Crippen MR) is 73.9 cm³/mol. The Morgan fingerprint density at radius 1 is 1.43 bits per heavy atom. The number of alkyl halides is 3. The summed E-state index contributed by atoms with van der Waals surface area (Å²) >= 11 is 1.03. The topological polar surface area (TPSA) is 82.3 Å². The lowest BCUT2D eigenvalue weighted by atomic mass is 10.2. The van der Waals surface area contributed by atoms with Crippen LogP contribution in [0.15, 0.2) is 28.1 Å². The van der Waals surface area contributed by atoms with E-state index in [2.05, 4.69) is 10.3 Å². The molecule has 21 heavy (non-hydrogen) atoms. The Morgan fingerprint density at radius 2 is 2.05 bits per heavy atom. The number of benzene rings is 1. The number of hydrogen-bond acceptors (Lipinski definition) is 5. The standard InChI is InChI=1S/C11H10F3N3O2S2/c1-20-10(16-6-15)17-7-3-4-9(21(2,18)19)8(5-7)11(12,13)14/h3-5H,1-2H3,(H,16,17). The molecule has 0 aliphatic rings. The van der Waals surface area contributed by atoms with Crippen LogP contribution in [0.4, 0.5) is 18.9 Å². The van der Waals surface area contributed by atoms with Gasteiger partial charge in [-0.25, -0.2) is 13.4 Å². The molecule has 0 aliphatic heterocycles. The number of thioether (sulfide) groups is 1. The van der Waals surface area contributed by atoms with E-state index in [0.29, 0.717) is 12.3 Å². The van der Waals surface area contributed by atoms with Crippen LogP contribution in [-0.4, -0.2) is 26.1 Å². The molecule has 5 nitrogen and oxygen atoms in total. The number of hydrogen-bond donors (Lipinski definition) is 1. The Balaban J connectivity index is 3.47. The minimum atomic E-state index is -4.83. The molecule has 1 rings (SSSR count). The highest BCUT2D eigenvalue weighted by molar-refractivity contribution is 8.13. The molecule has 1 aromatic carbocycles. The van der Waals surface area contributed by atoms with Crippen molar-refractivity contribution in [2.45, 2.75) is 11.1 Å². The van der Waals surface area contributed by atoms with E-state index in [9.17, 15) is 21.6 Å². The van der Waals surface area contributed by atoms with Gasteiger partial charge in [-0.1, -0.05) is 11.8 Å². The zero-order chi connectivity index (χ0) is 16.3. The Morgan fingerprint density at radius 3 is 2.48 bits per heavy atom. The van der Waals surface area contributed by atoms with E-state index in [1.807, 2.05) is 0 Å². The van der Waals surface area contributed by atoms with Crippen molar-refractivity contribution < 1.29 is 21.6 Å². The van der Waals surface area contributed by atoms with Crippen molar-refractivity contribution in [3.05, 3.63) is 23.8 Å². The van der Waals surface area contributed by atoms with Crippen LogP contribution in [-0.2, 0) is 16.0 Å². The van der Waals surface area contributed by atoms with Crippen LogP contribution >= 0.6 is 11.8 Å². The molecule has 0 aromatic heterocycles. The van der Waals surface area contributed by atoms with Gasteiger partial charge >= 0.3 is 6.18 Å². The molecule has 0 radical (unpaired) electrons. The fraction of sp³-hybridized carbons (Fsp3) is 0.273. The first-order valence-electron chi connectivity index (χ1n) is 5.28. The quantitative estimate of drug-likeness (QED) is 0.388. The van der Waals surface area contributed by atoms with E-state index in [-0.39, 0.29) is 10.9 Å². The van der Waals surface area contributed by atoms with Gasteiger partial charge in [0.1, 0.15) is 0 Å². The second-order valence-electron chi connectivity index (χ2n) is 3.81. The zero-order valence-corrected chi connectivity index (χ0v) is 12.5. The second-order valence-corrected chi connectivity index (χ2v) is 6.59. The summed E-state index contributed by atoms with van der Waals surface area (Å²) in [5.74, 6) is 0. The summed E-state index contributed by atoms with van der Waals surface area (Å²) in [7, 11) is -4.02. The van der Waals surface area contributed by atoms with Gasteiger partial charge in [-0.2, -0.15) is 18.4 Å². The Labute approximate surface area is 123 Å². The van der Waals surface area contributed by atoms with E-state index in [1.54, 1.807) is 12.4 Å². The summed E-state index contributed by atoms with van der Waals surface area (Å²) in [5.41, 5.74) is -1.40. The van der Waals surface area contributed by atoms with Crippen molar-refractivity contribution >= 4 is 32.5 Å². The molecular weight excluding hydrogens is 327 g/mol. The van der Waals surface area contributed by atoms with Gasteiger partial charge in [-0.05, 0) is 24.5 Å². The van der Waals surface area contributed by atoms with Crippen LogP contribution in [0.2, 0.25) is 0 Å². The number of nitriles is 1. The van der Waals surface area contributed by atoms with Crippen LogP contribution in [0.1, 0.15) is 5.56 Å². The SMILES string of the molecule is CSC(=Nc1ccc(S(C)(=O)=O)c(C(F)(F)F)c1)NC#N. The van der Waals surface area contributed by atoms with Crippen molar-refractivity contribution in [1.82, 2.24) is 5.32 Å². The van der Waals surface area contributed by atoms with Gasteiger partial charge in [-0.3, -0.25) is 5.32 Å². The minimum Gasteiger partial charge on any atom is -0.271 e. The summed E-state index contributed by atoms with van der Waals surface area (Å²) in [4.78, 5) is 3.00. The first kappa shape index (κ1) is 17.3. The molecule has 0 unspecified atom stereocenters. The zero-order valence-electron chi connectivity index (χ0n) is 10.9. The molecular formula is C11H10F3N3O2S2. The molecule has 10 heteroatoms. The van der Waals surface area contributed by atoms with E-state index in [1.165, 1.54) is 0 Å². The van der Waals surface area contributed by atoms with Gasteiger partial charge in [0.15, 0.2) is 21.2 Å². The summed E-state index contributed by atoms with van der Waals surface area (Å²) < 4.78 is 61.6. The molecule has 0 atom stereocenters. The number of nitrogens with zero attached hydrogens (tertiary/aromatic N) is 2. The van der Waals surface area contributed by atoms with Crippen molar-refractivity contribution in [3.8, 4) is 6.19 Å². The maximum absolute atomic E-state index is 12.9. The van der Waals surface area contributed by atoms with Gasteiger partial charge in [0.25, 0.3) is 0 Å². The average molecular weight is 337 g/mol. The summed E-state index contributed by atoms with van der Waals surface area (Å²) in [6, 6.07) is 2.62. The molecule has 0 bridgehead atoms. The first-order chi connectivity index (χ1) is 9.59. The summed E-state index contributed by atoms with van der Waals surface area (Å²) in [6.45, 7) is 0. The average Bonchev–Trinajstić information content (AvgIpc) is 2.35. The maximum atomic E-state index is 12.9. The highest BCUT2D eigenvalue weighted by atomic mass is 32.2. The van der Waals surface area contributed by atoms with Gasteiger partial charge in [0.05, 0.1) is 16.1 Å². The molecule has 0 saturated heterocycles. The van der Waals surface area contributed by atoms with Crippen LogP contribution in [0.25, 0.3) is 0 Å². The number of sulfone groups is 1. The van der Waals surface area contributed by atoms with E-state index >= 15 is 0 Å². The Hall–Kier alpha value is -1.73. The van der Waals surface area contributed by atoms with Crippen LogP contribution in [0, 0.1) is 11.5 Å². The Kier molecular flexibility index (Phi) is 5.25. The van der Waals surface area contributed by atoms with Crippen molar-refractivity contribution in [2.24, 2.45) is 4.99 Å². The maximum Gasteiger partial charge on any atom is 0.417 e. The highest BCUT2D eigenvalue weighted by Crippen LogP contribution is 2.36.